The topological polar surface area (TPSA) is 61.4 Å². The van der Waals surface area contributed by atoms with E-state index in [4.69, 9.17) is 12.2 Å². The lowest BCUT2D eigenvalue weighted by molar-refractivity contribution is -0.119. The Kier molecular flexibility index (Phi) is 14.5. The summed E-state index contributed by atoms with van der Waals surface area (Å²) < 4.78 is 0. The molecule has 190 valence electrons. The van der Waals surface area contributed by atoms with E-state index in [2.05, 4.69) is 17.6 Å². The third kappa shape index (κ3) is 12.0. The van der Waals surface area contributed by atoms with Crippen LogP contribution in [0.1, 0.15) is 120 Å². The number of hydrogen-bond donors (Lipinski definition) is 2. The van der Waals surface area contributed by atoms with Crippen molar-refractivity contribution >= 4 is 34.8 Å². The Labute approximate surface area is 212 Å². The van der Waals surface area contributed by atoms with Gasteiger partial charge in [0.15, 0.2) is 5.11 Å². The number of hydrogen-bond acceptors (Lipinski definition) is 3. The number of amides is 2. The first kappa shape index (κ1) is 28.3. The third-order valence-corrected chi connectivity index (χ3v) is 6.73. The summed E-state index contributed by atoms with van der Waals surface area (Å²) in [5.41, 5.74) is 1.38. The van der Waals surface area contributed by atoms with Gasteiger partial charge >= 0.3 is 0 Å². The number of thiocarbonyl (C=S) groups is 1. The van der Waals surface area contributed by atoms with Crippen LogP contribution in [0.15, 0.2) is 24.3 Å². The van der Waals surface area contributed by atoms with Gasteiger partial charge in [-0.2, -0.15) is 0 Å². The zero-order valence-corrected chi connectivity index (χ0v) is 22.0. The van der Waals surface area contributed by atoms with Gasteiger partial charge in [-0.25, -0.2) is 0 Å². The molecule has 1 heterocycles. The average molecular weight is 488 g/mol. The summed E-state index contributed by atoms with van der Waals surface area (Å²) in [5, 5.41) is 6.11. The Morgan fingerprint density at radius 1 is 0.853 bits per heavy atom. The lowest BCUT2D eigenvalue weighted by atomic mass is 10.1. The maximum atomic E-state index is 12.8. The molecule has 0 aromatic heterocycles. The zero-order valence-electron chi connectivity index (χ0n) is 21.2. The van der Waals surface area contributed by atoms with Crippen LogP contribution in [0.5, 0.6) is 0 Å². The number of likely N-dealkylation sites (tertiary alicyclic amines) is 1. The maximum Gasteiger partial charge on any atom is 0.253 e. The highest BCUT2D eigenvalue weighted by molar-refractivity contribution is 7.80. The Hall–Kier alpha value is -1.95. The second-order valence-electron chi connectivity index (χ2n) is 9.58. The largest absolute Gasteiger partial charge is 0.339 e. The van der Waals surface area contributed by atoms with Crippen molar-refractivity contribution in [1.29, 1.82) is 0 Å². The Balaban J connectivity index is 1.60. The predicted octanol–water partition coefficient (Wildman–Crippen LogP) is 7.22. The number of nitrogens with one attached hydrogen (secondary N) is 2. The van der Waals surface area contributed by atoms with Gasteiger partial charge in [-0.15, -0.1) is 0 Å². The highest BCUT2D eigenvalue weighted by atomic mass is 32.1. The first-order valence-corrected chi connectivity index (χ1v) is 14.0. The van der Waals surface area contributed by atoms with E-state index in [0.717, 1.165) is 44.5 Å². The predicted molar refractivity (Wildman–Crippen MR) is 146 cm³/mol. The summed E-state index contributed by atoms with van der Waals surface area (Å²) in [5.74, 6) is 0.0159. The quantitative estimate of drug-likeness (QED) is 0.215. The minimum Gasteiger partial charge on any atom is -0.339 e. The van der Waals surface area contributed by atoms with Gasteiger partial charge in [0.1, 0.15) is 0 Å². The van der Waals surface area contributed by atoms with Gasteiger partial charge in [-0.1, -0.05) is 90.0 Å². The van der Waals surface area contributed by atoms with Gasteiger partial charge in [-0.3, -0.25) is 9.59 Å². The van der Waals surface area contributed by atoms with Crippen molar-refractivity contribution in [1.82, 2.24) is 10.2 Å². The summed E-state index contributed by atoms with van der Waals surface area (Å²) in [7, 11) is 0. The van der Waals surface area contributed by atoms with Gasteiger partial charge in [0.2, 0.25) is 5.91 Å². The molecule has 0 unspecified atom stereocenters. The van der Waals surface area contributed by atoms with Crippen molar-refractivity contribution in [3.8, 4) is 0 Å². The van der Waals surface area contributed by atoms with Crippen LogP contribution < -0.4 is 10.6 Å². The molecule has 0 spiro atoms. The van der Waals surface area contributed by atoms with Crippen LogP contribution in [0, 0.1) is 0 Å². The van der Waals surface area contributed by atoms with Crippen LogP contribution in [0.3, 0.4) is 0 Å². The Morgan fingerprint density at radius 2 is 1.44 bits per heavy atom. The van der Waals surface area contributed by atoms with E-state index in [1.807, 2.05) is 29.2 Å². The summed E-state index contributed by atoms with van der Waals surface area (Å²) >= 11 is 5.31. The van der Waals surface area contributed by atoms with Gasteiger partial charge < -0.3 is 15.5 Å². The molecule has 1 aromatic carbocycles. The van der Waals surface area contributed by atoms with Gasteiger partial charge in [0.05, 0.1) is 0 Å². The maximum absolute atomic E-state index is 12.8. The van der Waals surface area contributed by atoms with Crippen molar-refractivity contribution in [3.05, 3.63) is 29.8 Å². The summed E-state index contributed by atoms with van der Waals surface area (Å²) in [6, 6.07) is 7.37. The molecule has 5 nitrogen and oxygen atoms in total. The number of anilines is 1. The molecule has 0 aliphatic carbocycles. The monoisotopic (exact) mass is 487 g/mol. The molecule has 0 saturated carbocycles. The molecule has 1 aliphatic rings. The Morgan fingerprint density at radius 3 is 2.06 bits per heavy atom. The first-order valence-electron chi connectivity index (χ1n) is 13.6. The molecule has 1 aliphatic heterocycles. The molecule has 0 radical (unpaired) electrons. The fraction of sp³-hybridized carbons (Fsp3) is 0.679. The molecule has 2 rings (SSSR count). The summed E-state index contributed by atoms with van der Waals surface area (Å²) in [6.45, 7) is 3.90. The fourth-order valence-corrected chi connectivity index (χ4v) is 4.72. The summed E-state index contributed by atoms with van der Waals surface area (Å²) in [4.78, 5) is 27.0. The number of nitrogens with zero attached hydrogens (tertiary/aromatic N) is 1. The average Bonchev–Trinajstić information content (AvgIpc) is 3.12. The number of rotatable bonds is 14. The van der Waals surface area contributed by atoms with E-state index in [-0.39, 0.29) is 16.9 Å². The fourth-order valence-electron chi connectivity index (χ4n) is 4.49. The van der Waals surface area contributed by atoms with Crippen molar-refractivity contribution in [2.45, 2.75) is 110 Å². The minimum atomic E-state index is -0.0507. The standard InChI is InChI=1S/C28H45N3O2S/c1-2-3-4-5-6-7-8-9-10-11-14-20-26(32)30-28(34)29-25-19-17-18-24(23-25)27(33)31-21-15-12-13-16-22-31/h17-19,23H,2-16,20-22H2,1H3,(H2,29,30,32,34). The minimum absolute atomic E-state index is 0.0507. The molecule has 1 aromatic rings. The number of benzene rings is 1. The molecule has 0 bridgehead atoms. The van der Waals surface area contributed by atoms with Crippen LogP contribution in [-0.2, 0) is 4.79 Å². The van der Waals surface area contributed by atoms with Crippen molar-refractivity contribution in [3.63, 3.8) is 0 Å². The number of carbonyl (C=O) groups excluding carboxylic acids is 2. The lowest BCUT2D eigenvalue weighted by Crippen LogP contribution is -2.34. The van der Waals surface area contributed by atoms with E-state index in [9.17, 15) is 9.59 Å². The van der Waals surface area contributed by atoms with Crippen molar-refractivity contribution < 1.29 is 9.59 Å². The molecular weight excluding hydrogens is 442 g/mol. The number of unbranched alkanes of at least 4 members (excludes halogenated alkanes) is 10. The van der Waals surface area contributed by atoms with E-state index in [1.165, 1.54) is 70.6 Å². The normalized spacial score (nSPS) is 13.9. The van der Waals surface area contributed by atoms with Gasteiger partial charge in [0, 0.05) is 30.8 Å². The van der Waals surface area contributed by atoms with Crippen LogP contribution >= 0.6 is 12.2 Å². The van der Waals surface area contributed by atoms with Gasteiger partial charge in [0.25, 0.3) is 5.91 Å². The first-order chi connectivity index (χ1) is 16.6. The molecule has 2 amide bonds. The SMILES string of the molecule is CCCCCCCCCCCCCC(=O)NC(=S)Nc1cccc(C(=O)N2CCCCCC2)c1. The van der Waals surface area contributed by atoms with Crippen LogP contribution in [0.25, 0.3) is 0 Å². The van der Waals surface area contributed by atoms with Crippen molar-refractivity contribution in [2.75, 3.05) is 18.4 Å². The van der Waals surface area contributed by atoms with E-state index >= 15 is 0 Å². The second-order valence-corrected chi connectivity index (χ2v) is 9.98. The van der Waals surface area contributed by atoms with Crippen molar-refractivity contribution in [2.24, 2.45) is 0 Å². The van der Waals surface area contributed by atoms with E-state index in [0.29, 0.717) is 12.0 Å². The summed E-state index contributed by atoms with van der Waals surface area (Å²) in [6.07, 6.45) is 18.9. The Bertz CT molecular complexity index is 745. The van der Waals surface area contributed by atoms with Crippen LogP contribution in [0.4, 0.5) is 5.69 Å². The smallest absolute Gasteiger partial charge is 0.253 e. The second kappa shape index (κ2) is 17.5. The van der Waals surface area contributed by atoms with E-state index in [1.54, 1.807) is 0 Å². The molecule has 34 heavy (non-hydrogen) atoms. The van der Waals surface area contributed by atoms with Gasteiger partial charge in [-0.05, 0) is 49.7 Å². The molecular formula is C28H45N3O2S. The van der Waals surface area contributed by atoms with Crippen LogP contribution in [0.2, 0.25) is 0 Å². The number of carbonyl (C=O) groups is 2. The van der Waals surface area contributed by atoms with Crippen LogP contribution in [-0.4, -0.2) is 34.9 Å². The molecule has 1 saturated heterocycles. The highest BCUT2D eigenvalue weighted by Crippen LogP contribution is 2.17. The molecule has 2 N–H and O–H groups in total. The molecule has 6 heteroatoms. The zero-order chi connectivity index (χ0) is 24.4. The third-order valence-electron chi connectivity index (χ3n) is 6.52. The highest BCUT2D eigenvalue weighted by Gasteiger charge is 2.17. The van der Waals surface area contributed by atoms with E-state index < -0.39 is 0 Å². The molecule has 1 fully saturated rings. The lowest BCUT2D eigenvalue weighted by Gasteiger charge is -2.20. The molecule has 0 atom stereocenters.